The van der Waals surface area contributed by atoms with Crippen molar-refractivity contribution in [2.24, 2.45) is 5.92 Å². The van der Waals surface area contributed by atoms with Gasteiger partial charge in [-0.15, -0.1) is 0 Å². The van der Waals surface area contributed by atoms with Crippen LogP contribution in [-0.2, 0) is 19.4 Å². The van der Waals surface area contributed by atoms with Gasteiger partial charge >= 0.3 is 0 Å². The smallest absolute Gasteiger partial charge is 0.251 e. The maximum atomic E-state index is 12.9. The molecule has 1 amide bonds. The molecule has 1 aliphatic heterocycles. The molecule has 140 valence electrons. The third-order valence-electron chi connectivity index (χ3n) is 5.98. The van der Waals surface area contributed by atoms with Crippen LogP contribution in [0.25, 0.3) is 10.9 Å². The van der Waals surface area contributed by atoms with Crippen LogP contribution in [0.3, 0.4) is 0 Å². The number of carbonyl (C=O) groups excluding carboxylic acids is 1. The lowest BCUT2D eigenvalue weighted by molar-refractivity contribution is 0.0927. The van der Waals surface area contributed by atoms with Gasteiger partial charge in [0.05, 0.1) is 6.04 Å². The fourth-order valence-electron chi connectivity index (χ4n) is 4.58. The first-order chi connectivity index (χ1) is 13.1. The van der Waals surface area contributed by atoms with Gasteiger partial charge in [0.25, 0.3) is 5.91 Å². The zero-order valence-corrected chi connectivity index (χ0v) is 15.9. The fourth-order valence-corrected chi connectivity index (χ4v) is 4.58. The number of H-pyrrole nitrogens is 1. The molecule has 2 aliphatic rings. The van der Waals surface area contributed by atoms with E-state index in [1.165, 1.54) is 23.1 Å². The molecular formula is C21H25N5O. The maximum Gasteiger partial charge on any atom is 0.251 e. The van der Waals surface area contributed by atoms with Crippen molar-refractivity contribution < 1.29 is 4.79 Å². The van der Waals surface area contributed by atoms with Gasteiger partial charge in [-0.05, 0) is 68.7 Å². The summed E-state index contributed by atoms with van der Waals surface area (Å²) in [7, 11) is 0. The second-order valence-electron chi connectivity index (χ2n) is 8.10. The predicted octanol–water partition coefficient (Wildman–Crippen LogP) is 3.46. The minimum absolute atomic E-state index is 0.0326. The van der Waals surface area contributed by atoms with E-state index in [2.05, 4.69) is 33.4 Å². The number of hydrogen-bond acceptors (Lipinski definition) is 3. The molecule has 0 fully saturated rings. The number of nitrogens with zero attached hydrogens (tertiary/aromatic N) is 3. The second kappa shape index (κ2) is 6.22. The Bertz CT molecular complexity index is 1030. The van der Waals surface area contributed by atoms with Crippen molar-refractivity contribution >= 4 is 16.8 Å². The van der Waals surface area contributed by atoms with Crippen LogP contribution in [0, 0.1) is 12.8 Å². The van der Waals surface area contributed by atoms with Crippen molar-refractivity contribution in [3.05, 3.63) is 46.7 Å². The molecular weight excluding hydrogens is 338 g/mol. The van der Waals surface area contributed by atoms with Gasteiger partial charge in [0.2, 0.25) is 0 Å². The zero-order chi connectivity index (χ0) is 18.5. The van der Waals surface area contributed by atoms with Gasteiger partial charge in [0.15, 0.2) is 0 Å². The summed E-state index contributed by atoms with van der Waals surface area (Å²) in [6.07, 6.45) is 5.33. The highest BCUT2D eigenvalue weighted by molar-refractivity contribution is 5.99. The fraction of sp³-hybridized carbons (Fsp3) is 0.476. The van der Waals surface area contributed by atoms with Crippen molar-refractivity contribution in [3.8, 4) is 0 Å². The summed E-state index contributed by atoms with van der Waals surface area (Å²) in [4.78, 5) is 21.0. The highest BCUT2D eigenvalue weighted by Crippen LogP contribution is 2.32. The Balaban J connectivity index is 1.44. The molecule has 1 aliphatic carbocycles. The second-order valence-corrected chi connectivity index (χ2v) is 8.10. The largest absolute Gasteiger partial charge is 0.358 e. The normalized spacial score (nSPS) is 21.7. The van der Waals surface area contributed by atoms with E-state index in [0.29, 0.717) is 5.92 Å². The van der Waals surface area contributed by atoms with Gasteiger partial charge in [-0.25, -0.2) is 9.67 Å². The van der Waals surface area contributed by atoms with E-state index < -0.39 is 0 Å². The molecule has 3 heterocycles. The first kappa shape index (κ1) is 16.5. The van der Waals surface area contributed by atoms with Gasteiger partial charge < -0.3 is 10.3 Å². The number of fused-ring (bicyclic) bond motifs is 4. The summed E-state index contributed by atoms with van der Waals surface area (Å²) in [5.74, 6) is 2.31. The summed E-state index contributed by atoms with van der Waals surface area (Å²) < 4.78 is 1.93. The number of benzene rings is 1. The number of aromatic amines is 1. The van der Waals surface area contributed by atoms with Crippen molar-refractivity contribution in [2.75, 3.05) is 0 Å². The Morgan fingerprint density at radius 1 is 1.33 bits per heavy atom. The highest BCUT2D eigenvalue weighted by Gasteiger charge is 2.26. The van der Waals surface area contributed by atoms with Crippen molar-refractivity contribution in [1.82, 2.24) is 25.1 Å². The summed E-state index contributed by atoms with van der Waals surface area (Å²) in [6, 6.07) is 5.95. The lowest BCUT2D eigenvalue weighted by Crippen LogP contribution is -2.33. The first-order valence-electron chi connectivity index (χ1n) is 9.94. The van der Waals surface area contributed by atoms with Crippen molar-refractivity contribution in [1.29, 1.82) is 0 Å². The van der Waals surface area contributed by atoms with Crippen LogP contribution in [-0.4, -0.2) is 25.7 Å². The molecule has 6 nitrogen and oxygen atoms in total. The van der Waals surface area contributed by atoms with Gasteiger partial charge in [0, 0.05) is 28.7 Å². The standard InChI is InChI=1S/C21H25N5O/c1-12-5-7-17-15(10-12)16-11-14(6-8-18(16)23-17)21(27)24-19-4-3-9-26-20(19)22-13(2)25-26/h6,8,11-12,19,23H,3-5,7,9-10H2,1-2H3,(H,24,27). The SMILES string of the molecule is Cc1nc2n(n1)CCCC2NC(=O)c1ccc2[nH]c3c(c2c1)CC(C)CC3. The minimum atomic E-state index is -0.0664. The summed E-state index contributed by atoms with van der Waals surface area (Å²) >= 11 is 0. The van der Waals surface area contributed by atoms with Gasteiger partial charge in [-0.2, -0.15) is 5.10 Å². The number of amides is 1. The van der Waals surface area contributed by atoms with Crippen LogP contribution in [0.4, 0.5) is 0 Å². The Kier molecular flexibility index (Phi) is 3.81. The van der Waals surface area contributed by atoms with E-state index >= 15 is 0 Å². The molecule has 2 unspecified atom stereocenters. The van der Waals surface area contributed by atoms with E-state index in [1.54, 1.807) is 0 Å². The molecule has 1 aromatic carbocycles. The quantitative estimate of drug-likeness (QED) is 0.732. The number of hydrogen-bond donors (Lipinski definition) is 2. The summed E-state index contributed by atoms with van der Waals surface area (Å²) in [6.45, 7) is 5.08. The molecule has 2 N–H and O–H groups in total. The van der Waals surface area contributed by atoms with Crippen LogP contribution in [0.5, 0.6) is 0 Å². The number of nitrogens with one attached hydrogen (secondary N) is 2. The predicted molar refractivity (Wildman–Crippen MR) is 104 cm³/mol. The Labute approximate surface area is 158 Å². The van der Waals surface area contributed by atoms with Crippen LogP contribution in [0.15, 0.2) is 18.2 Å². The third-order valence-corrected chi connectivity index (χ3v) is 5.98. The molecule has 3 aromatic rings. The molecule has 27 heavy (non-hydrogen) atoms. The van der Waals surface area contributed by atoms with Crippen LogP contribution >= 0.6 is 0 Å². The molecule has 0 radical (unpaired) electrons. The summed E-state index contributed by atoms with van der Waals surface area (Å²) in [5.41, 5.74) is 4.59. The van der Waals surface area contributed by atoms with E-state index in [-0.39, 0.29) is 11.9 Å². The van der Waals surface area contributed by atoms with E-state index in [1.807, 2.05) is 23.7 Å². The van der Waals surface area contributed by atoms with E-state index in [4.69, 9.17) is 0 Å². The van der Waals surface area contributed by atoms with Crippen LogP contribution < -0.4 is 5.32 Å². The van der Waals surface area contributed by atoms with E-state index in [0.717, 1.165) is 55.0 Å². The summed E-state index contributed by atoms with van der Waals surface area (Å²) in [5, 5.41) is 8.80. The van der Waals surface area contributed by atoms with Crippen molar-refractivity contribution in [2.45, 2.75) is 58.5 Å². The molecule has 6 heteroatoms. The molecule has 5 rings (SSSR count). The Morgan fingerprint density at radius 3 is 3.11 bits per heavy atom. The molecule has 2 atom stereocenters. The number of rotatable bonds is 2. The van der Waals surface area contributed by atoms with Gasteiger partial charge in [-0.1, -0.05) is 6.92 Å². The maximum absolute atomic E-state index is 12.9. The van der Waals surface area contributed by atoms with Crippen molar-refractivity contribution in [3.63, 3.8) is 0 Å². The first-order valence-corrected chi connectivity index (χ1v) is 9.94. The Hall–Kier alpha value is -2.63. The Morgan fingerprint density at radius 2 is 2.22 bits per heavy atom. The van der Waals surface area contributed by atoms with E-state index in [9.17, 15) is 4.79 Å². The topological polar surface area (TPSA) is 75.6 Å². The average Bonchev–Trinajstić information content (AvgIpc) is 3.21. The lowest BCUT2D eigenvalue weighted by Gasteiger charge is -2.23. The lowest BCUT2D eigenvalue weighted by atomic mass is 9.87. The monoisotopic (exact) mass is 363 g/mol. The van der Waals surface area contributed by atoms with Gasteiger partial charge in [-0.3, -0.25) is 4.79 Å². The molecule has 2 aromatic heterocycles. The molecule has 0 spiro atoms. The number of aryl methyl sites for hydroxylation is 3. The minimum Gasteiger partial charge on any atom is -0.358 e. The number of carbonyl (C=O) groups is 1. The molecule has 0 saturated carbocycles. The third kappa shape index (κ3) is 2.83. The van der Waals surface area contributed by atoms with Crippen LogP contribution in [0.1, 0.15) is 65.5 Å². The zero-order valence-electron chi connectivity index (χ0n) is 15.9. The number of aromatic nitrogens is 4. The van der Waals surface area contributed by atoms with Crippen LogP contribution in [0.2, 0.25) is 0 Å². The molecule has 0 bridgehead atoms. The highest BCUT2D eigenvalue weighted by atomic mass is 16.1. The van der Waals surface area contributed by atoms with Gasteiger partial charge in [0.1, 0.15) is 11.6 Å². The average molecular weight is 363 g/mol. The molecule has 0 saturated heterocycles.